The maximum absolute atomic E-state index is 12.7. The highest BCUT2D eigenvalue weighted by Crippen LogP contribution is 2.11. The van der Waals surface area contributed by atoms with Crippen molar-refractivity contribution in [1.29, 1.82) is 0 Å². The molecule has 0 spiro atoms. The molecule has 0 bridgehead atoms. The first-order valence-electron chi connectivity index (χ1n) is 5.71. The SMILES string of the molecule is Cn1ccsc1=NC(=O)CCOc1ccc(F)cc1. The molecule has 100 valence electrons. The maximum Gasteiger partial charge on any atom is 0.251 e. The van der Waals surface area contributed by atoms with E-state index in [2.05, 4.69) is 4.99 Å². The predicted octanol–water partition coefficient (Wildman–Crippen LogP) is 2.12. The summed E-state index contributed by atoms with van der Waals surface area (Å²) in [4.78, 5) is 16.2. The van der Waals surface area contributed by atoms with Crippen LogP contribution in [-0.4, -0.2) is 17.1 Å². The maximum atomic E-state index is 12.7. The van der Waals surface area contributed by atoms with Crippen molar-refractivity contribution in [3.8, 4) is 5.75 Å². The quantitative estimate of drug-likeness (QED) is 0.861. The molecule has 4 nitrogen and oxygen atoms in total. The van der Waals surface area contributed by atoms with E-state index in [9.17, 15) is 9.18 Å². The van der Waals surface area contributed by atoms with Gasteiger partial charge in [0.25, 0.3) is 5.91 Å². The summed E-state index contributed by atoms with van der Waals surface area (Å²) in [5, 5.41) is 1.86. The first-order chi connectivity index (χ1) is 9.15. The van der Waals surface area contributed by atoms with Crippen LogP contribution in [0.15, 0.2) is 40.8 Å². The summed E-state index contributed by atoms with van der Waals surface area (Å²) < 4.78 is 19.8. The third-order valence-electron chi connectivity index (χ3n) is 2.38. The molecule has 0 unspecified atom stereocenters. The molecule has 0 aliphatic heterocycles. The molecular formula is C13H13FN2O2S. The van der Waals surface area contributed by atoms with Crippen molar-refractivity contribution in [2.24, 2.45) is 12.0 Å². The van der Waals surface area contributed by atoms with Gasteiger partial charge in [-0.2, -0.15) is 4.99 Å². The second-order valence-corrected chi connectivity index (χ2v) is 4.73. The predicted molar refractivity (Wildman–Crippen MR) is 70.4 cm³/mol. The van der Waals surface area contributed by atoms with E-state index < -0.39 is 0 Å². The number of benzene rings is 1. The lowest BCUT2D eigenvalue weighted by atomic mass is 10.3. The Kier molecular flexibility index (Phi) is 4.46. The van der Waals surface area contributed by atoms with Gasteiger partial charge in [-0.25, -0.2) is 4.39 Å². The summed E-state index contributed by atoms with van der Waals surface area (Å²) in [6.45, 7) is 0.225. The molecule has 0 aliphatic carbocycles. The van der Waals surface area contributed by atoms with Crippen LogP contribution in [0.5, 0.6) is 5.75 Å². The molecule has 0 fully saturated rings. The van der Waals surface area contributed by atoms with Crippen LogP contribution in [0.3, 0.4) is 0 Å². The van der Waals surface area contributed by atoms with Gasteiger partial charge in [-0.1, -0.05) is 0 Å². The highest BCUT2D eigenvalue weighted by atomic mass is 32.1. The van der Waals surface area contributed by atoms with Crippen molar-refractivity contribution in [3.05, 3.63) is 46.5 Å². The van der Waals surface area contributed by atoms with E-state index in [1.165, 1.54) is 35.6 Å². The number of ether oxygens (including phenoxy) is 1. The molecule has 0 atom stereocenters. The fourth-order valence-electron chi connectivity index (χ4n) is 1.38. The molecule has 0 saturated carbocycles. The zero-order valence-corrected chi connectivity index (χ0v) is 11.2. The average molecular weight is 280 g/mol. The lowest BCUT2D eigenvalue weighted by molar-refractivity contribution is -0.118. The van der Waals surface area contributed by atoms with Crippen LogP contribution in [0.25, 0.3) is 0 Å². The Hall–Kier alpha value is -1.95. The number of aryl methyl sites for hydroxylation is 1. The van der Waals surface area contributed by atoms with Crippen LogP contribution in [0, 0.1) is 5.82 Å². The van der Waals surface area contributed by atoms with Gasteiger partial charge in [-0.15, -0.1) is 11.3 Å². The van der Waals surface area contributed by atoms with Crippen LogP contribution in [0.4, 0.5) is 4.39 Å². The van der Waals surface area contributed by atoms with Gasteiger partial charge in [0.2, 0.25) is 0 Å². The largest absolute Gasteiger partial charge is 0.493 e. The fourth-order valence-corrected chi connectivity index (χ4v) is 2.13. The average Bonchev–Trinajstić information content (AvgIpc) is 2.78. The van der Waals surface area contributed by atoms with E-state index >= 15 is 0 Å². The Morgan fingerprint density at radius 3 is 2.79 bits per heavy atom. The number of hydrogen-bond donors (Lipinski definition) is 0. The van der Waals surface area contributed by atoms with Crippen molar-refractivity contribution >= 4 is 17.2 Å². The third-order valence-corrected chi connectivity index (χ3v) is 3.23. The molecular weight excluding hydrogens is 267 g/mol. The van der Waals surface area contributed by atoms with Crippen molar-refractivity contribution in [2.75, 3.05) is 6.61 Å². The number of carbonyl (C=O) groups excluding carboxylic acids is 1. The van der Waals surface area contributed by atoms with Gasteiger partial charge in [-0.3, -0.25) is 4.79 Å². The van der Waals surface area contributed by atoms with Crippen LogP contribution < -0.4 is 9.54 Å². The smallest absolute Gasteiger partial charge is 0.251 e. The number of carbonyl (C=O) groups is 1. The Labute approximate surface area is 113 Å². The Morgan fingerprint density at radius 1 is 1.42 bits per heavy atom. The first kappa shape index (κ1) is 13.5. The van der Waals surface area contributed by atoms with E-state index in [4.69, 9.17) is 4.74 Å². The van der Waals surface area contributed by atoms with Crippen molar-refractivity contribution in [1.82, 2.24) is 4.57 Å². The number of nitrogens with zero attached hydrogens (tertiary/aromatic N) is 2. The minimum Gasteiger partial charge on any atom is -0.493 e. The van der Waals surface area contributed by atoms with E-state index in [-0.39, 0.29) is 24.8 Å². The number of rotatable bonds is 4. The zero-order chi connectivity index (χ0) is 13.7. The lowest BCUT2D eigenvalue weighted by Crippen LogP contribution is -2.14. The highest BCUT2D eigenvalue weighted by Gasteiger charge is 2.01. The zero-order valence-electron chi connectivity index (χ0n) is 10.4. The normalized spacial score (nSPS) is 11.6. The van der Waals surface area contributed by atoms with Crippen LogP contribution in [-0.2, 0) is 11.8 Å². The summed E-state index contributed by atoms with van der Waals surface area (Å²) in [7, 11) is 1.83. The summed E-state index contributed by atoms with van der Waals surface area (Å²) in [6, 6.07) is 5.67. The number of amides is 1. The first-order valence-corrected chi connectivity index (χ1v) is 6.59. The molecule has 6 heteroatoms. The Bertz CT molecular complexity index is 616. The van der Waals surface area contributed by atoms with E-state index in [0.29, 0.717) is 10.6 Å². The molecule has 0 aliphatic rings. The van der Waals surface area contributed by atoms with Gasteiger partial charge >= 0.3 is 0 Å². The van der Waals surface area contributed by atoms with Crippen LogP contribution in [0.1, 0.15) is 6.42 Å². The molecule has 1 amide bonds. The minimum atomic E-state index is -0.316. The van der Waals surface area contributed by atoms with Gasteiger partial charge in [-0.05, 0) is 24.3 Å². The Balaban J connectivity index is 1.85. The van der Waals surface area contributed by atoms with Gasteiger partial charge in [0.05, 0.1) is 13.0 Å². The summed E-state index contributed by atoms with van der Waals surface area (Å²) in [5.41, 5.74) is 0. The standard InChI is InChI=1S/C13H13FN2O2S/c1-16-7-9-19-13(16)15-12(17)6-8-18-11-4-2-10(14)3-5-11/h2-5,7,9H,6,8H2,1H3. The van der Waals surface area contributed by atoms with Gasteiger partial charge in [0, 0.05) is 18.6 Å². The Morgan fingerprint density at radius 2 is 2.16 bits per heavy atom. The molecule has 1 aromatic carbocycles. The molecule has 0 N–H and O–H groups in total. The molecule has 1 aromatic heterocycles. The number of halogens is 1. The van der Waals surface area contributed by atoms with Gasteiger partial charge in [0.1, 0.15) is 11.6 Å². The van der Waals surface area contributed by atoms with Crippen LogP contribution in [0.2, 0.25) is 0 Å². The number of aromatic nitrogens is 1. The number of hydrogen-bond acceptors (Lipinski definition) is 3. The van der Waals surface area contributed by atoms with E-state index in [1.54, 1.807) is 4.57 Å². The second-order valence-electron chi connectivity index (χ2n) is 3.85. The summed E-state index contributed by atoms with van der Waals surface area (Å²) in [5.74, 6) is -0.0142. The topological polar surface area (TPSA) is 43.6 Å². The highest BCUT2D eigenvalue weighted by molar-refractivity contribution is 7.07. The van der Waals surface area contributed by atoms with Crippen molar-refractivity contribution in [3.63, 3.8) is 0 Å². The molecule has 2 rings (SSSR count). The molecule has 0 saturated heterocycles. The minimum absolute atomic E-state index is 0.190. The molecule has 0 radical (unpaired) electrons. The van der Waals surface area contributed by atoms with E-state index in [0.717, 1.165) is 0 Å². The van der Waals surface area contributed by atoms with Gasteiger partial charge < -0.3 is 9.30 Å². The van der Waals surface area contributed by atoms with Crippen LogP contribution >= 0.6 is 11.3 Å². The summed E-state index contributed by atoms with van der Waals surface area (Å²) in [6.07, 6.45) is 2.03. The second kappa shape index (κ2) is 6.29. The monoisotopic (exact) mass is 280 g/mol. The van der Waals surface area contributed by atoms with E-state index in [1.807, 2.05) is 18.6 Å². The molecule has 1 heterocycles. The van der Waals surface area contributed by atoms with Crippen molar-refractivity contribution < 1.29 is 13.9 Å². The molecule has 19 heavy (non-hydrogen) atoms. The summed E-state index contributed by atoms with van der Waals surface area (Å²) >= 11 is 1.40. The van der Waals surface area contributed by atoms with Gasteiger partial charge in [0.15, 0.2) is 4.80 Å². The third kappa shape index (κ3) is 4.03. The lowest BCUT2D eigenvalue weighted by Gasteiger charge is -2.03. The number of thiazole rings is 1. The van der Waals surface area contributed by atoms with Crippen molar-refractivity contribution in [2.45, 2.75) is 6.42 Å². The fraction of sp³-hybridized carbons (Fsp3) is 0.231. The molecule has 2 aromatic rings.